The lowest BCUT2D eigenvalue weighted by Crippen LogP contribution is -2.14. The fraction of sp³-hybridized carbons (Fsp3) is 0.500. The monoisotopic (exact) mass is 147 g/mol. The molecule has 0 bridgehead atoms. The molecule has 0 saturated heterocycles. The molecule has 3 heteroatoms. The first-order valence-corrected chi connectivity index (χ1v) is 3.82. The summed E-state index contributed by atoms with van der Waals surface area (Å²) in [6.45, 7) is 1.02. The van der Waals surface area contributed by atoms with E-state index in [4.69, 9.17) is 5.26 Å². The maximum Gasteiger partial charge on any atom is 0.126 e. The number of imidazole rings is 1. The second-order valence-corrected chi connectivity index (χ2v) is 2.80. The average Bonchev–Trinajstić information content (AvgIpc) is 2.50. The Bertz CT molecular complexity index is 295. The summed E-state index contributed by atoms with van der Waals surface area (Å²) in [4.78, 5) is 4.15. The summed E-state index contributed by atoms with van der Waals surface area (Å²) >= 11 is 0. The SMILES string of the molecule is N#CC1CCCn2ccnc21. The van der Waals surface area contributed by atoms with Crippen LogP contribution in [0, 0.1) is 11.3 Å². The normalized spacial score (nSPS) is 22.3. The highest BCUT2D eigenvalue weighted by atomic mass is 15.1. The van der Waals surface area contributed by atoms with E-state index in [9.17, 15) is 0 Å². The lowest BCUT2D eigenvalue weighted by molar-refractivity contribution is 0.492. The van der Waals surface area contributed by atoms with E-state index in [0.29, 0.717) is 0 Å². The van der Waals surface area contributed by atoms with Gasteiger partial charge < -0.3 is 4.57 Å². The Balaban J connectivity index is 2.41. The minimum atomic E-state index is 0.0266. The Morgan fingerprint density at radius 3 is 3.45 bits per heavy atom. The minimum Gasteiger partial charge on any atom is -0.334 e. The van der Waals surface area contributed by atoms with Crippen LogP contribution >= 0.6 is 0 Å². The fourth-order valence-corrected chi connectivity index (χ4v) is 1.54. The zero-order chi connectivity index (χ0) is 7.68. The molecule has 0 radical (unpaired) electrons. The van der Waals surface area contributed by atoms with Crippen molar-refractivity contribution in [2.75, 3.05) is 0 Å². The van der Waals surface area contributed by atoms with E-state index in [1.807, 2.05) is 6.20 Å². The highest BCUT2D eigenvalue weighted by molar-refractivity contribution is 5.12. The van der Waals surface area contributed by atoms with Crippen LogP contribution < -0.4 is 0 Å². The van der Waals surface area contributed by atoms with E-state index in [1.54, 1.807) is 6.20 Å². The van der Waals surface area contributed by atoms with Crippen LogP contribution in [0.4, 0.5) is 0 Å². The molecule has 11 heavy (non-hydrogen) atoms. The maximum absolute atomic E-state index is 8.75. The summed E-state index contributed by atoms with van der Waals surface area (Å²) in [6.07, 6.45) is 5.78. The van der Waals surface area contributed by atoms with Gasteiger partial charge in [-0.05, 0) is 12.8 Å². The van der Waals surface area contributed by atoms with Crippen LogP contribution in [0.25, 0.3) is 0 Å². The van der Waals surface area contributed by atoms with Crippen LogP contribution in [0.1, 0.15) is 24.6 Å². The third kappa shape index (κ3) is 0.911. The van der Waals surface area contributed by atoms with E-state index in [0.717, 1.165) is 25.2 Å². The number of hydrogen-bond donors (Lipinski definition) is 0. The van der Waals surface area contributed by atoms with Crippen molar-refractivity contribution >= 4 is 0 Å². The molecule has 0 fully saturated rings. The van der Waals surface area contributed by atoms with Gasteiger partial charge in [-0.3, -0.25) is 0 Å². The molecule has 0 amide bonds. The predicted molar refractivity (Wildman–Crippen MR) is 39.8 cm³/mol. The molecule has 56 valence electrons. The molecule has 1 unspecified atom stereocenters. The Hall–Kier alpha value is -1.30. The van der Waals surface area contributed by atoms with Crippen molar-refractivity contribution in [1.29, 1.82) is 5.26 Å². The standard InChI is InChI=1S/C8H9N3/c9-6-7-2-1-4-11-5-3-10-8(7)11/h3,5,7H,1-2,4H2. The number of fused-ring (bicyclic) bond motifs is 1. The maximum atomic E-state index is 8.75. The van der Waals surface area contributed by atoms with Crippen molar-refractivity contribution in [2.24, 2.45) is 0 Å². The summed E-state index contributed by atoms with van der Waals surface area (Å²) in [6, 6.07) is 2.26. The molecule has 0 saturated carbocycles. The van der Waals surface area contributed by atoms with Crippen molar-refractivity contribution in [3.05, 3.63) is 18.2 Å². The molecule has 0 spiro atoms. The van der Waals surface area contributed by atoms with Crippen LogP contribution in [-0.2, 0) is 6.54 Å². The van der Waals surface area contributed by atoms with Gasteiger partial charge in [0, 0.05) is 18.9 Å². The molecule has 1 aromatic heterocycles. The molecule has 1 atom stereocenters. The second-order valence-electron chi connectivity index (χ2n) is 2.80. The summed E-state index contributed by atoms with van der Waals surface area (Å²) in [5, 5.41) is 8.75. The average molecular weight is 147 g/mol. The number of nitrogens with zero attached hydrogens (tertiary/aromatic N) is 3. The first kappa shape index (κ1) is 6.41. The molecule has 0 N–H and O–H groups in total. The minimum absolute atomic E-state index is 0.0266. The largest absolute Gasteiger partial charge is 0.334 e. The van der Waals surface area contributed by atoms with Gasteiger partial charge in [-0.25, -0.2) is 4.98 Å². The van der Waals surface area contributed by atoms with Crippen molar-refractivity contribution in [3.8, 4) is 6.07 Å². The van der Waals surface area contributed by atoms with Gasteiger partial charge in [0.1, 0.15) is 11.7 Å². The number of nitriles is 1. The molecule has 1 aliphatic heterocycles. The lowest BCUT2D eigenvalue weighted by Gasteiger charge is -2.17. The van der Waals surface area contributed by atoms with E-state index < -0.39 is 0 Å². The fourth-order valence-electron chi connectivity index (χ4n) is 1.54. The first-order valence-electron chi connectivity index (χ1n) is 3.82. The van der Waals surface area contributed by atoms with Crippen molar-refractivity contribution in [1.82, 2.24) is 9.55 Å². The molecule has 2 rings (SSSR count). The number of hydrogen-bond acceptors (Lipinski definition) is 2. The van der Waals surface area contributed by atoms with Gasteiger partial charge in [-0.2, -0.15) is 5.26 Å². The molecule has 0 aromatic carbocycles. The third-order valence-corrected chi connectivity index (χ3v) is 2.11. The third-order valence-electron chi connectivity index (χ3n) is 2.11. The summed E-state index contributed by atoms with van der Waals surface area (Å²) in [5.74, 6) is 0.970. The Labute approximate surface area is 65.3 Å². The molecule has 1 aromatic rings. The van der Waals surface area contributed by atoms with Gasteiger partial charge in [0.25, 0.3) is 0 Å². The van der Waals surface area contributed by atoms with Gasteiger partial charge in [-0.1, -0.05) is 0 Å². The second kappa shape index (κ2) is 2.39. The summed E-state index contributed by atoms with van der Waals surface area (Å²) in [5.41, 5.74) is 0. The number of rotatable bonds is 0. The highest BCUT2D eigenvalue weighted by Gasteiger charge is 2.19. The molecule has 0 aliphatic carbocycles. The van der Waals surface area contributed by atoms with Gasteiger partial charge in [0.05, 0.1) is 6.07 Å². The van der Waals surface area contributed by atoms with E-state index in [1.165, 1.54) is 0 Å². The quantitative estimate of drug-likeness (QED) is 0.554. The van der Waals surface area contributed by atoms with Crippen LogP contribution in [0.15, 0.2) is 12.4 Å². The molecular weight excluding hydrogens is 138 g/mol. The van der Waals surface area contributed by atoms with Crippen LogP contribution in [-0.4, -0.2) is 9.55 Å². The van der Waals surface area contributed by atoms with Crippen LogP contribution in [0.5, 0.6) is 0 Å². The van der Waals surface area contributed by atoms with E-state index in [-0.39, 0.29) is 5.92 Å². The number of aryl methyl sites for hydroxylation is 1. The highest BCUT2D eigenvalue weighted by Crippen LogP contribution is 2.24. The smallest absolute Gasteiger partial charge is 0.126 e. The zero-order valence-electron chi connectivity index (χ0n) is 6.20. The van der Waals surface area contributed by atoms with Crippen LogP contribution in [0.3, 0.4) is 0 Å². The molecular formula is C8H9N3. The summed E-state index contributed by atoms with van der Waals surface area (Å²) in [7, 11) is 0. The van der Waals surface area contributed by atoms with Crippen molar-refractivity contribution in [3.63, 3.8) is 0 Å². The molecule has 2 heterocycles. The number of aromatic nitrogens is 2. The Kier molecular flexibility index (Phi) is 1.39. The predicted octanol–water partition coefficient (Wildman–Crippen LogP) is 1.28. The Morgan fingerprint density at radius 1 is 1.73 bits per heavy atom. The van der Waals surface area contributed by atoms with Crippen molar-refractivity contribution in [2.45, 2.75) is 25.3 Å². The first-order chi connectivity index (χ1) is 5.42. The van der Waals surface area contributed by atoms with Gasteiger partial charge in [0.15, 0.2) is 0 Å². The van der Waals surface area contributed by atoms with Crippen LogP contribution in [0.2, 0.25) is 0 Å². The van der Waals surface area contributed by atoms with Crippen molar-refractivity contribution < 1.29 is 0 Å². The van der Waals surface area contributed by atoms with Gasteiger partial charge in [0.2, 0.25) is 0 Å². The lowest BCUT2D eigenvalue weighted by atomic mass is 10.0. The zero-order valence-corrected chi connectivity index (χ0v) is 6.20. The molecule has 3 nitrogen and oxygen atoms in total. The van der Waals surface area contributed by atoms with E-state index in [2.05, 4.69) is 15.6 Å². The van der Waals surface area contributed by atoms with Gasteiger partial charge in [-0.15, -0.1) is 0 Å². The topological polar surface area (TPSA) is 41.6 Å². The van der Waals surface area contributed by atoms with E-state index >= 15 is 0 Å². The Morgan fingerprint density at radius 2 is 2.64 bits per heavy atom. The summed E-state index contributed by atoms with van der Waals surface area (Å²) < 4.78 is 2.07. The molecule has 1 aliphatic rings. The van der Waals surface area contributed by atoms with Gasteiger partial charge >= 0.3 is 0 Å².